The third-order valence-corrected chi connectivity index (χ3v) is 5.43. The van der Waals surface area contributed by atoms with Crippen LogP contribution in [0.4, 0.5) is 10.1 Å². The van der Waals surface area contributed by atoms with Crippen LogP contribution in [0, 0.1) is 11.7 Å². The number of ether oxygens (including phenoxy) is 1. The van der Waals surface area contributed by atoms with Crippen LogP contribution < -0.4 is 5.32 Å². The van der Waals surface area contributed by atoms with E-state index in [0.717, 1.165) is 38.8 Å². The van der Waals surface area contributed by atoms with E-state index in [1.54, 1.807) is 36.4 Å². The van der Waals surface area contributed by atoms with Crippen molar-refractivity contribution in [3.8, 4) is 0 Å². The summed E-state index contributed by atoms with van der Waals surface area (Å²) < 4.78 is 19.0. The number of hydrogen-bond donors (Lipinski definition) is 1. The Bertz CT molecular complexity index is 846. The number of nitrogens with one attached hydrogen (secondary N) is 1. The molecule has 0 bridgehead atoms. The number of halogens is 1. The average Bonchev–Trinajstić information content (AvgIpc) is 2.76. The van der Waals surface area contributed by atoms with Crippen LogP contribution in [0.5, 0.6) is 0 Å². The lowest BCUT2D eigenvalue weighted by molar-refractivity contribution is -0.121. The Labute approximate surface area is 177 Å². The van der Waals surface area contributed by atoms with Crippen LogP contribution in [-0.2, 0) is 16.1 Å². The third kappa shape index (κ3) is 6.13. The highest BCUT2D eigenvalue weighted by Crippen LogP contribution is 2.22. The summed E-state index contributed by atoms with van der Waals surface area (Å²) in [6, 6.07) is 13.6. The lowest BCUT2D eigenvalue weighted by Gasteiger charge is -2.31. The highest BCUT2D eigenvalue weighted by molar-refractivity contribution is 5.94. The molecule has 6 heteroatoms. The molecule has 1 amide bonds. The van der Waals surface area contributed by atoms with E-state index in [4.69, 9.17) is 4.74 Å². The van der Waals surface area contributed by atoms with Crippen LogP contribution in [0.2, 0.25) is 0 Å². The molecule has 0 radical (unpaired) electrons. The molecule has 0 atom stereocenters. The number of anilines is 1. The maximum atomic E-state index is 13.8. The number of amides is 1. The number of benzene rings is 2. The minimum absolute atomic E-state index is 0.0150. The first-order chi connectivity index (χ1) is 14.6. The van der Waals surface area contributed by atoms with E-state index in [2.05, 4.69) is 10.2 Å². The minimum Gasteiger partial charge on any atom is -0.462 e. The normalized spacial score (nSPS) is 15.0. The van der Waals surface area contributed by atoms with Crippen molar-refractivity contribution in [2.75, 3.05) is 25.0 Å². The van der Waals surface area contributed by atoms with Gasteiger partial charge in [0.15, 0.2) is 0 Å². The van der Waals surface area contributed by atoms with E-state index >= 15 is 0 Å². The summed E-state index contributed by atoms with van der Waals surface area (Å²) in [4.78, 5) is 26.7. The Balaban J connectivity index is 1.45. The maximum Gasteiger partial charge on any atom is 0.338 e. The van der Waals surface area contributed by atoms with Crippen molar-refractivity contribution in [3.05, 3.63) is 65.5 Å². The van der Waals surface area contributed by atoms with Crippen molar-refractivity contribution < 1.29 is 18.7 Å². The molecule has 0 aliphatic carbocycles. The monoisotopic (exact) mass is 412 g/mol. The molecule has 160 valence electrons. The van der Waals surface area contributed by atoms with Crippen LogP contribution in [0.15, 0.2) is 48.5 Å². The summed E-state index contributed by atoms with van der Waals surface area (Å²) in [5.74, 6) is -0.613. The zero-order valence-corrected chi connectivity index (χ0v) is 17.4. The second kappa shape index (κ2) is 10.9. The largest absolute Gasteiger partial charge is 0.462 e. The molecule has 0 unspecified atom stereocenters. The topological polar surface area (TPSA) is 58.6 Å². The molecule has 0 saturated carbocycles. The first-order valence-electron chi connectivity index (χ1n) is 10.6. The number of piperidine rings is 1. The second-order valence-electron chi connectivity index (χ2n) is 7.70. The van der Waals surface area contributed by atoms with Gasteiger partial charge in [0, 0.05) is 23.7 Å². The van der Waals surface area contributed by atoms with Crippen LogP contribution in [0.3, 0.4) is 0 Å². The van der Waals surface area contributed by atoms with E-state index in [1.165, 1.54) is 6.07 Å². The number of nitrogens with zero attached hydrogens (tertiary/aromatic N) is 1. The van der Waals surface area contributed by atoms with Crippen LogP contribution in [0.25, 0.3) is 0 Å². The Morgan fingerprint density at radius 3 is 2.47 bits per heavy atom. The number of hydrogen-bond acceptors (Lipinski definition) is 4. The molecule has 0 aromatic heterocycles. The molecule has 5 nitrogen and oxygen atoms in total. The second-order valence-corrected chi connectivity index (χ2v) is 7.70. The molecule has 1 N–H and O–H groups in total. The number of likely N-dealkylation sites (tertiary alicyclic amines) is 1. The molecule has 1 heterocycles. The lowest BCUT2D eigenvalue weighted by atomic mass is 9.95. The van der Waals surface area contributed by atoms with Gasteiger partial charge in [0.2, 0.25) is 5.91 Å². The van der Waals surface area contributed by atoms with E-state index in [1.807, 2.05) is 13.0 Å². The fourth-order valence-corrected chi connectivity index (χ4v) is 3.55. The summed E-state index contributed by atoms with van der Waals surface area (Å²) in [5, 5.41) is 2.93. The number of carbonyl (C=O) groups excluding carboxylic acids is 2. The van der Waals surface area contributed by atoms with Gasteiger partial charge in [-0.1, -0.05) is 31.5 Å². The molecule has 1 fully saturated rings. The summed E-state index contributed by atoms with van der Waals surface area (Å²) in [7, 11) is 0. The molecule has 30 heavy (non-hydrogen) atoms. The van der Waals surface area contributed by atoms with Gasteiger partial charge >= 0.3 is 5.97 Å². The molecule has 0 spiro atoms. The van der Waals surface area contributed by atoms with Gasteiger partial charge in [-0.25, -0.2) is 9.18 Å². The standard InChI is InChI=1S/C24H29FN2O3/c1-2-3-16-30-24(29)19-8-10-21(11-9-19)26-23(28)18-12-14-27(15-13-18)17-20-6-4-5-7-22(20)25/h4-11,18H,2-3,12-17H2,1H3,(H,26,28). The highest BCUT2D eigenvalue weighted by Gasteiger charge is 2.25. The van der Waals surface area contributed by atoms with Crippen molar-refractivity contribution in [3.63, 3.8) is 0 Å². The minimum atomic E-state index is -0.344. The van der Waals surface area contributed by atoms with Crippen LogP contribution >= 0.6 is 0 Å². The average molecular weight is 413 g/mol. The van der Waals surface area contributed by atoms with E-state index in [0.29, 0.717) is 30.0 Å². The Hall–Kier alpha value is -2.73. The maximum absolute atomic E-state index is 13.8. The predicted octanol–water partition coefficient (Wildman–Crippen LogP) is 4.63. The van der Waals surface area contributed by atoms with E-state index in [9.17, 15) is 14.0 Å². The molecule has 1 saturated heterocycles. The molecule has 2 aromatic rings. The lowest BCUT2D eigenvalue weighted by Crippen LogP contribution is -2.37. The number of rotatable bonds is 8. The van der Waals surface area contributed by atoms with Gasteiger partial charge < -0.3 is 10.1 Å². The van der Waals surface area contributed by atoms with Crippen molar-refractivity contribution in [2.45, 2.75) is 39.2 Å². The number of unbranched alkanes of at least 4 members (excludes halogenated alkanes) is 1. The van der Waals surface area contributed by atoms with Crippen molar-refractivity contribution in [1.29, 1.82) is 0 Å². The first kappa shape index (κ1) is 22.0. The van der Waals surface area contributed by atoms with Gasteiger partial charge in [0.1, 0.15) is 5.82 Å². The smallest absolute Gasteiger partial charge is 0.338 e. The summed E-state index contributed by atoms with van der Waals surface area (Å²) in [6.45, 7) is 4.54. The summed E-state index contributed by atoms with van der Waals surface area (Å²) >= 11 is 0. The summed E-state index contributed by atoms with van der Waals surface area (Å²) in [5.41, 5.74) is 1.83. The Morgan fingerprint density at radius 1 is 1.10 bits per heavy atom. The fourth-order valence-electron chi connectivity index (χ4n) is 3.55. The van der Waals surface area contributed by atoms with Gasteiger partial charge in [-0.3, -0.25) is 9.69 Å². The van der Waals surface area contributed by atoms with Gasteiger partial charge in [-0.15, -0.1) is 0 Å². The van der Waals surface area contributed by atoms with Crippen LogP contribution in [0.1, 0.15) is 48.5 Å². The zero-order chi connectivity index (χ0) is 21.3. The SMILES string of the molecule is CCCCOC(=O)c1ccc(NC(=O)C2CCN(Cc3ccccc3F)CC2)cc1. The Kier molecular flexibility index (Phi) is 7.97. The van der Waals surface area contributed by atoms with Gasteiger partial charge in [-0.2, -0.15) is 0 Å². The first-order valence-corrected chi connectivity index (χ1v) is 10.6. The molecule has 2 aromatic carbocycles. The predicted molar refractivity (Wildman–Crippen MR) is 115 cm³/mol. The molecule has 1 aliphatic rings. The van der Waals surface area contributed by atoms with Gasteiger partial charge in [0.05, 0.1) is 12.2 Å². The summed E-state index contributed by atoms with van der Waals surface area (Å²) in [6.07, 6.45) is 3.30. The van der Waals surface area contributed by atoms with Crippen LogP contribution in [-0.4, -0.2) is 36.5 Å². The highest BCUT2D eigenvalue weighted by atomic mass is 19.1. The quantitative estimate of drug-likeness (QED) is 0.507. The van der Waals surface area contributed by atoms with E-state index in [-0.39, 0.29) is 23.6 Å². The number of carbonyl (C=O) groups is 2. The molecule has 1 aliphatic heterocycles. The third-order valence-electron chi connectivity index (χ3n) is 5.43. The van der Waals surface area contributed by atoms with Gasteiger partial charge in [0.25, 0.3) is 0 Å². The molecule has 3 rings (SSSR count). The molecular formula is C24H29FN2O3. The van der Waals surface area contributed by atoms with Crippen molar-refractivity contribution in [2.24, 2.45) is 5.92 Å². The van der Waals surface area contributed by atoms with Gasteiger partial charge in [-0.05, 0) is 62.7 Å². The van der Waals surface area contributed by atoms with Crippen molar-refractivity contribution >= 4 is 17.6 Å². The fraction of sp³-hybridized carbons (Fsp3) is 0.417. The molecular weight excluding hydrogens is 383 g/mol. The Morgan fingerprint density at radius 2 is 1.80 bits per heavy atom. The number of esters is 1. The van der Waals surface area contributed by atoms with Crippen molar-refractivity contribution in [1.82, 2.24) is 4.90 Å². The van der Waals surface area contributed by atoms with E-state index < -0.39 is 0 Å². The zero-order valence-electron chi connectivity index (χ0n) is 17.4.